The van der Waals surface area contributed by atoms with Crippen LogP contribution in [-0.4, -0.2) is 22.8 Å². The molecule has 0 aliphatic rings. The highest BCUT2D eigenvalue weighted by Gasteiger charge is 2.19. The van der Waals surface area contributed by atoms with Crippen LogP contribution < -0.4 is 4.74 Å². The molecule has 1 unspecified atom stereocenters. The number of aromatic nitrogens is 2. The molecule has 26 heavy (non-hydrogen) atoms. The highest BCUT2D eigenvalue weighted by molar-refractivity contribution is 6.32. The zero-order valence-electron chi connectivity index (χ0n) is 14.3. The van der Waals surface area contributed by atoms with E-state index in [2.05, 4.69) is 10.2 Å². The molecule has 0 N–H and O–H groups in total. The van der Waals surface area contributed by atoms with Gasteiger partial charge in [-0.25, -0.2) is 4.79 Å². The first-order chi connectivity index (χ1) is 12.5. The van der Waals surface area contributed by atoms with Crippen molar-refractivity contribution in [2.45, 2.75) is 20.0 Å². The van der Waals surface area contributed by atoms with Gasteiger partial charge in [0.1, 0.15) is 5.75 Å². The van der Waals surface area contributed by atoms with Crippen LogP contribution in [0.1, 0.15) is 24.5 Å². The molecule has 134 valence electrons. The zero-order valence-corrected chi connectivity index (χ0v) is 15.1. The fraction of sp³-hybridized carbons (Fsp3) is 0.211. The molecule has 0 aliphatic heterocycles. The summed E-state index contributed by atoms with van der Waals surface area (Å²) in [6.45, 7) is 3.38. The van der Waals surface area contributed by atoms with Gasteiger partial charge in [-0.2, -0.15) is 0 Å². The number of aryl methyl sites for hydroxylation is 1. The second-order valence-corrected chi connectivity index (χ2v) is 6.07. The van der Waals surface area contributed by atoms with E-state index < -0.39 is 12.1 Å². The van der Waals surface area contributed by atoms with Gasteiger partial charge in [-0.05, 0) is 38.1 Å². The van der Waals surface area contributed by atoms with E-state index in [9.17, 15) is 4.79 Å². The normalized spacial score (nSPS) is 11.8. The molecule has 1 aromatic heterocycles. The van der Waals surface area contributed by atoms with Crippen LogP contribution in [0.25, 0.3) is 11.5 Å². The van der Waals surface area contributed by atoms with E-state index in [1.807, 2.05) is 31.2 Å². The van der Waals surface area contributed by atoms with Gasteiger partial charge < -0.3 is 13.9 Å². The molecule has 6 nitrogen and oxygen atoms in total. The Kier molecular flexibility index (Phi) is 5.53. The standard InChI is InChI=1S/C19H17ClN2O4/c1-12-7-9-14(10-8-12)19-22-21-18(26-19)13(2)25-17(23)11-24-16-6-4-3-5-15(16)20/h3-10,13H,11H2,1-2H3. The van der Waals surface area contributed by atoms with Crippen LogP contribution >= 0.6 is 11.6 Å². The van der Waals surface area contributed by atoms with Crippen LogP contribution in [0.5, 0.6) is 5.75 Å². The number of hydrogen-bond acceptors (Lipinski definition) is 6. The maximum absolute atomic E-state index is 11.9. The van der Waals surface area contributed by atoms with E-state index in [0.717, 1.165) is 11.1 Å². The molecule has 1 heterocycles. The molecule has 0 saturated heterocycles. The summed E-state index contributed by atoms with van der Waals surface area (Å²) in [6, 6.07) is 14.6. The molecular weight excluding hydrogens is 356 g/mol. The van der Waals surface area contributed by atoms with Crippen molar-refractivity contribution in [3.8, 4) is 17.2 Å². The lowest BCUT2D eigenvalue weighted by molar-refractivity contribution is -0.152. The number of esters is 1. The molecule has 2 aromatic carbocycles. The summed E-state index contributed by atoms with van der Waals surface area (Å²) in [5.41, 5.74) is 1.93. The van der Waals surface area contributed by atoms with Gasteiger partial charge >= 0.3 is 5.97 Å². The third-order valence-corrected chi connectivity index (χ3v) is 3.89. The fourth-order valence-corrected chi connectivity index (χ4v) is 2.38. The Bertz CT molecular complexity index is 893. The zero-order chi connectivity index (χ0) is 18.5. The minimum atomic E-state index is -0.691. The van der Waals surface area contributed by atoms with Crippen molar-refractivity contribution in [3.05, 3.63) is 65.0 Å². The van der Waals surface area contributed by atoms with Gasteiger partial charge in [0.15, 0.2) is 12.7 Å². The number of para-hydroxylation sites is 1. The lowest BCUT2D eigenvalue weighted by Crippen LogP contribution is -2.17. The molecular formula is C19H17ClN2O4. The molecule has 0 bridgehead atoms. The van der Waals surface area contributed by atoms with Gasteiger partial charge in [0.2, 0.25) is 5.89 Å². The fourth-order valence-electron chi connectivity index (χ4n) is 2.19. The second kappa shape index (κ2) is 8.01. The first-order valence-electron chi connectivity index (χ1n) is 8.00. The van der Waals surface area contributed by atoms with Crippen LogP contribution in [0.15, 0.2) is 52.9 Å². The molecule has 0 saturated carbocycles. The maximum atomic E-state index is 11.9. The summed E-state index contributed by atoms with van der Waals surface area (Å²) in [5.74, 6) is 0.438. The molecule has 0 fully saturated rings. The molecule has 3 rings (SSSR count). The quantitative estimate of drug-likeness (QED) is 0.598. The summed E-state index contributed by atoms with van der Waals surface area (Å²) >= 11 is 5.97. The van der Waals surface area contributed by atoms with E-state index in [1.54, 1.807) is 31.2 Å². The number of halogens is 1. The van der Waals surface area contributed by atoms with Gasteiger partial charge in [0, 0.05) is 5.56 Å². The molecule has 3 aromatic rings. The molecule has 1 atom stereocenters. The number of ether oxygens (including phenoxy) is 2. The van der Waals surface area contributed by atoms with E-state index in [0.29, 0.717) is 16.7 Å². The summed E-state index contributed by atoms with van der Waals surface area (Å²) in [5, 5.41) is 8.36. The van der Waals surface area contributed by atoms with Gasteiger partial charge in [-0.1, -0.05) is 41.4 Å². The number of benzene rings is 2. The van der Waals surface area contributed by atoms with Crippen LogP contribution in [0.2, 0.25) is 5.02 Å². The minimum Gasteiger partial charge on any atom is -0.480 e. The van der Waals surface area contributed by atoms with E-state index >= 15 is 0 Å². The lowest BCUT2D eigenvalue weighted by Gasteiger charge is -2.11. The number of rotatable bonds is 6. The third kappa shape index (κ3) is 4.40. The Morgan fingerprint density at radius 1 is 1.15 bits per heavy atom. The molecule has 0 aliphatic carbocycles. The van der Waals surface area contributed by atoms with Crippen molar-refractivity contribution in [2.24, 2.45) is 0 Å². The third-order valence-electron chi connectivity index (χ3n) is 3.58. The highest BCUT2D eigenvalue weighted by atomic mass is 35.5. The SMILES string of the molecule is Cc1ccc(-c2nnc(C(C)OC(=O)COc3ccccc3Cl)o2)cc1. The Morgan fingerprint density at radius 2 is 1.88 bits per heavy atom. The number of carbonyl (C=O) groups excluding carboxylic acids is 1. The Labute approximate surface area is 155 Å². The van der Waals surface area contributed by atoms with Crippen LogP contribution in [0, 0.1) is 6.92 Å². The van der Waals surface area contributed by atoms with Crippen molar-refractivity contribution in [1.82, 2.24) is 10.2 Å². The van der Waals surface area contributed by atoms with Gasteiger partial charge in [-0.3, -0.25) is 0 Å². The number of nitrogens with zero attached hydrogens (tertiary/aromatic N) is 2. The predicted octanol–water partition coefficient (Wildman–Crippen LogP) is 4.38. The Morgan fingerprint density at radius 3 is 2.62 bits per heavy atom. The molecule has 0 spiro atoms. The van der Waals surface area contributed by atoms with Gasteiger partial charge in [-0.15, -0.1) is 10.2 Å². The van der Waals surface area contributed by atoms with Gasteiger partial charge in [0.25, 0.3) is 5.89 Å². The molecule has 0 amide bonds. The summed E-state index contributed by atoms with van der Waals surface area (Å²) in [7, 11) is 0. The molecule has 0 radical (unpaired) electrons. The van der Waals surface area contributed by atoms with E-state index in [-0.39, 0.29) is 12.5 Å². The minimum absolute atomic E-state index is 0.215. The smallest absolute Gasteiger partial charge is 0.344 e. The van der Waals surface area contributed by atoms with Crippen molar-refractivity contribution in [3.63, 3.8) is 0 Å². The highest BCUT2D eigenvalue weighted by Crippen LogP contribution is 2.24. The summed E-state index contributed by atoms with van der Waals surface area (Å²) < 4.78 is 16.2. The predicted molar refractivity (Wildman–Crippen MR) is 95.9 cm³/mol. The second-order valence-electron chi connectivity index (χ2n) is 5.66. The van der Waals surface area contributed by atoms with Crippen molar-refractivity contribution in [2.75, 3.05) is 6.61 Å². The van der Waals surface area contributed by atoms with E-state index in [1.165, 1.54) is 0 Å². The van der Waals surface area contributed by atoms with Gasteiger partial charge in [0.05, 0.1) is 5.02 Å². The number of hydrogen-bond donors (Lipinski definition) is 0. The van der Waals surface area contributed by atoms with Crippen molar-refractivity contribution < 1.29 is 18.7 Å². The summed E-state index contributed by atoms with van der Waals surface area (Å²) in [6.07, 6.45) is -0.691. The lowest BCUT2D eigenvalue weighted by atomic mass is 10.1. The number of carbonyl (C=O) groups is 1. The largest absolute Gasteiger partial charge is 0.480 e. The Hall–Kier alpha value is -2.86. The van der Waals surface area contributed by atoms with Crippen LogP contribution in [0.3, 0.4) is 0 Å². The van der Waals surface area contributed by atoms with E-state index in [4.69, 9.17) is 25.5 Å². The summed E-state index contributed by atoms with van der Waals surface area (Å²) in [4.78, 5) is 11.9. The van der Waals surface area contributed by atoms with Crippen LogP contribution in [0.4, 0.5) is 0 Å². The first-order valence-corrected chi connectivity index (χ1v) is 8.38. The topological polar surface area (TPSA) is 74.5 Å². The maximum Gasteiger partial charge on any atom is 0.344 e. The average molecular weight is 373 g/mol. The Balaban J connectivity index is 1.58. The van der Waals surface area contributed by atoms with Crippen LogP contribution in [-0.2, 0) is 9.53 Å². The molecule has 7 heteroatoms. The first kappa shape index (κ1) is 17.9. The van der Waals surface area contributed by atoms with Crippen molar-refractivity contribution >= 4 is 17.6 Å². The monoisotopic (exact) mass is 372 g/mol. The average Bonchev–Trinajstić information content (AvgIpc) is 3.12. The van der Waals surface area contributed by atoms with Crippen molar-refractivity contribution in [1.29, 1.82) is 0 Å².